The number of carbonyl (C=O) groups excluding carboxylic acids is 1. The highest BCUT2D eigenvalue weighted by atomic mass is 19.4. The number of nitrogens with zero attached hydrogens (tertiary/aromatic N) is 5. The zero-order chi connectivity index (χ0) is 21.9. The summed E-state index contributed by atoms with van der Waals surface area (Å²) in [7, 11) is 0. The van der Waals surface area contributed by atoms with Crippen LogP contribution in [0, 0.1) is 36.8 Å². The van der Waals surface area contributed by atoms with Crippen molar-refractivity contribution < 1.29 is 22.9 Å². The average molecular weight is 416 g/mol. The second-order valence-corrected chi connectivity index (χ2v) is 6.90. The van der Waals surface area contributed by atoms with Crippen LogP contribution in [0.4, 0.5) is 18.9 Å². The minimum atomic E-state index is -4.49. The van der Waals surface area contributed by atoms with Gasteiger partial charge < -0.3 is 5.32 Å². The summed E-state index contributed by atoms with van der Waals surface area (Å²) in [5, 5.41) is 21.4. The lowest BCUT2D eigenvalue weighted by molar-refractivity contribution is -0.386. The van der Waals surface area contributed by atoms with Crippen LogP contribution in [-0.2, 0) is 24.1 Å². The average Bonchev–Trinajstić information content (AvgIpc) is 3.11. The molecule has 0 fully saturated rings. The molecule has 0 aliphatic carbocycles. The lowest BCUT2D eigenvalue weighted by atomic mass is 10.1. The molecule has 1 N–H and O–H groups in total. The zero-order valence-corrected chi connectivity index (χ0v) is 16.6. The second-order valence-electron chi connectivity index (χ2n) is 6.90. The molecule has 0 saturated carbocycles. The van der Waals surface area contributed by atoms with Crippen molar-refractivity contribution in [3.63, 3.8) is 0 Å². The van der Waals surface area contributed by atoms with Crippen LogP contribution in [-0.4, -0.2) is 36.9 Å². The monoisotopic (exact) mass is 416 g/mol. The van der Waals surface area contributed by atoms with Crippen LogP contribution >= 0.6 is 0 Å². The molecule has 2 rings (SSSR count). The van der Waals surface area contributed by atoms with E-state index in [-0.39, 0.29) is 36.9 Å². The molecule has 2 aromatic rings. The number of hydrogen-bond donors (Lipinski definition) is 1. The van der Waals surface area contributed by atoms with E-state index in [4.69, 9.17) is 0 Å². The Hall–Kier alpha value is -2.92. The molecule has 2 heterocycles. The molecular weight excluding hydrogens is 393 g/mol. The summed E-state index contributed by atoms with van der Waals surface area (Å²) in [6.07, 6.45) is -4.08. The smallest absolute Gasteiger partial charge is 0.356 e. The molecular formula is C17H23F3N6O3. The summed E-state index contributed by atoms with van der Waals surface area (Å²) in [5.41, 5.74) is 0.0508. The Balaban J connectivity index is 1.85. The summed E-state index contributed by atoms with van der Waals surface area (Å²) in [6, 6.07) is 0.980. The fourth-order valence-electron chi connectivity index (χ4n) is 2.96. The quantitative estimate of drug-likeness (QED) is 0.404. The molecule has 0 aliphatic heterocycles. The minimum Gasteiger partial charge on any atom is -0.356 e. The van der Waals surface area contributed by atoms with E-state index in [0.717, 1.165) is 6.07 Å². The number of amides is 1. The van der Waals surface area contributed by atoms with E-state index in [2.05, 4.69) is 15.5 Å². The first-order chi connectivity index (χ1) is 13.4. The molecule has 2 aromatic heterocycles. The number of aromatic nitrogens is 4. The van der Waals surface area contributed by atoms with E-state index >= 15 is 0 Å². The van der Waals surface area contributed by atoms with Crippen LogP contribution in [0.1, 0.15) is 36.1 Å². The van der Waals surface area contributed by atoms with E-state index in [1.807, 2.05) is 0 Å². The van der Waals surface area contributed by atoms with Crippen molar-refractivity contribution in [3.8, 4) is 0 Å². The molecule has 0 bridgehead atoms. The van der Waals surface area contributed by atoms with Crippen LogP contribution in [0.15, 0.2) is 6.07 Å². The third-order valence-corrected chi connectivity index (χ3v) is 4.54. The Labute approximate surface area is 165 Å². The summed E-state index contributed by atoms with van der Waals surface area (Å²) in [5.74, 6) is -0.760. The lowest BCUT2D eigenvalue weighted by Gasteiger charge is -2.13. The minimum absolute atomic E-state index is 0.0644. The first-order valence-electron chi connectivity index (χ1n) is 8.99. The number of halogens is 3. The SMILES string of the molecule is Cc1nn(CC(C)C(=O)NCCCn2nc(C(F)(F)F)cc2C)c(C)c1[N+](=O)[O-]. The van der Waals surface area contributed by atoms with Gasteiger partial charge in [-0.25, -0.2) is 0 Å². The number of rotatable bonds is 8. The van der Waals surface area contributed by atoms with Crippen molar-refractivity contribution in [2.24, 2.45) is 5.92 Å². The van der Waals surface area contributed by atoms with Gasteiger partial charge in [-0.1, -0.05) is 6.92 Å². The van der Waals surface area contributed by atoms with Crippen LogP contribution in [0.5, 0.6) is 0 Å². The Morgan fingerprint density at radius 1 is 1.28 bits per heavy atom. The molecule has 1 unspecified atom stereocenters. The largest absolute Gasteiger partial charge is 0.435 e. The molecule has 160 valence electrons. The van der Waals surface area contributed by atoms with Gasteiger partial charge in [0.15, 0.2) is 5.69 Å². The molecule has 0 radical (unpaired) electrons. The highest BCUT2D eigenvalue weighted by Gasteiger charge is 2.34. The van der Waals surface area contributed by atoms with Crippen molar-refractivity contribution in [2.45, 2.75) is 53.4 Å². The fourth-order valence-corrected chi connectivity index (χ4v) is 2.96. The van der Waals surface area contributed by atoms with Gasteiger partial charge in [-0.05, 0) is 33.3 Å². The van der Waals surface area contributed by atoms with Crippen LogP contribution < -0.4 is 5.32 Å². The number of aryl methyl sites for hydroxylation is 3. The summed E-state index contributed by atoms with van der Waals surface area (Å²) in [4.78, 5) is 22.8. The Morgan fingerprint density at radius 3 is 2.45 bits per heavy atom. The normalized spacial score (nSPS) is 12.8. The highest BCUT2D eigenvalue weighted by molar-refractivity contribution is 5.78. The van der Waals surface area contributed by atoms with E-state index in [9.17, 15) is 28.1 Å². The van der Waals surface area contributed by atoms with Gasteiger partial charge in [0.1, 0.15) is 11.4 Å². The van der Waals surface area contributed by atoms with Gasteiger partial charge in [-0.3, -0.25) is 24.3 Å². The van der Waals surface area contributed by atoms with Gasteiger partial charge in [0.05, 0.1) is 17.4 Å². The summed E-state index contributed by atoms with van der Waals surface area (Å²) < 4.78 is 40.7. The molecule has 29 heavy (non-hydrogen) atoms. The Bertz CT molecular complexity index is 903. The first kappa shape index (κ1) is 22.4. The standard InChI is InChI=1S/C17H23F3N6O3/c1-10(9-25-13(4)15(26(28)29)12(3)22-25)16(27)21-6-5-7-24-11(2)8-14(23-24)17(18,19)20/h8,10H,5-7,9H2,1-4H3,(H,21,27). The molecule has 0 saturated heterocycles. The van der Waals surface area contributed by atoms with Gasteiger partial charge in [0.25, 0.3) is 0 Å². The summed E-state index contributed by atoms with van der Waals surface area (Å²) >= 11 is 0. The Morgan fingerprint density at radius 2 is 1.93 bits per heavy atom. The van der Waals surface area contributed by atoms with Crippen LogP contribution in [0.25, 0.3) is 0 Å². The predicted octanol–water partition coefficient (Wildman–Crippen LogP) is 2.77. The van der Waals surface area contributed by atoms with Crippen LogP contribution in [0.3, 0.4) is 0 Å². The zero-order valence-electron chi connectivity index (χ0n) is 16.6. The maximum atomic E-state index is 12.7. The van der Waals surface area contributed by atoms with Gasteiger partial charge in [0.2, 0.25) is 5.91 Å². The van der Waals surface area contributed by atoms with E-state index in [0.29, 0.717) is 17.8 Å². The van der Waals surface area contributed by atoms with E-state index < -0.39 is 22.7 Å². The predicted molar refractivity (Wildman–Crippen MR) is 97.1 cm³/mol. The van der Waals surface area contributed by atoms with Gasteiger partial charge in [-0.2, -0.15) is 23.4 Å². The third kappa shape index (κ3) is 5.33. The van der Waals surface area contributed by atoms with Gasteiger partial charge in [-0.15, -0.1) is 0 Å². The lowest BCUT2D eigenvalue weighted by Crippen LogP contribution is -2.33. The fraction of sp³-hybridized carbons (Fsp3) is 0.588. The maximum absolute atomic E-state index is 12.7. The highest BCUT2D eigenvalue weighted by Crippen LogP contribution is 2.28. The number of alkyl halides is 3. The molecule has 1 amide bonds. The van der Waals surface area contributed by atoms with Crippen molar-refractivity contribution >= 4 is 11.6 Å². The van der Waals surface area contributed by atoms with E-state index in [1.54, 1.807) is 13.8 Å². The number of hydrogen-bond acceptors (Lipinski definition) is 5. The third-order valence-electron chi connectivity index (χ3n) is 4.54. The molecule has 12 heteroatoms. The molecule has 0 spiro atoms. The van der Waals surface area contributed by atoms with E-state index in [1.165, 1.54) is 23.2 Å². The first-order valence-corrected chi connectivity index (χ1v) is 8.99. The number of carbonyl (C=O) groups is 1. The summed E-state index contributed by atoms with van der Waals surface area (Å²) in [6.45, 7) is 7.00. The van der Waals surface area contributed by atoms with Crippen molar-refractivity contribution in [1.29, 1.82) is 0 Å². The van der Waals surface area contributed by atoms with Crippen LogP contribution in [0.2, 0.25) is 0 Å². The van der Waals surface area contributed by atoms with Crippen molar-refractivity contribution in [3.05, 3.63) is 39.0 Å². The molecule has 1 atom stereocenters. The second kappa shape index (κ2) is 8.62. The maximum Gasteiger partial charge on any atom is 0.435 e. The molecule has 9 nitrogen and oxygen atoms in total. The van der Waals surface area contributed by atoms with Crippen molar-refractivity contribution in [1.82, 2.24) is 24.9 Å². The molecule has 0 aliphatic rings. The van der Waals surface area contributed by atoms with Crippen molar-refractivity contribution in [2.75, 3.05) is 6.54 Å². The van der Waals surface area contributed by atoms with Gasteiger partial charge in [0, 0.05) is 18.8 Å². The molecule has 0 aromatic carbocycles. The Kier molecular flexibility index (Phi) is 6.65. The topological polar surface area (TPSA) is 108 Å². The van der Waals surface area contributed by atoms with Gasteiger partial charge >= 0.3 is 11.9 Å². The number of nitro groups is 1. The number of nitrogens with one attached hydrogen (secondary N) is 1.